The lowest BCUT2D eigenvalue weighted by molar-refractivity contribution is 1.23. The smallest absolute Gasteiger partial charge is 0.146 e. The largest absolute Gasteiger partial charge is 0.290 e. The van der Waals surface area contributed by atoms with Gasteiger partial charge in [-0.3, -0.25) is 14.4 Å². The molecule has 7 aromatic rings. The van der Waals surface area contributed by atoms with Crippen molar-refractivity contribution in [3.8, 4) is 22.3 Å². The highest BCUT2D eigenvalue weighted by molar-refractivity contribution is 6.14. The Kier molecular flexibility index (Phi) is 3.11. The summed E-state index contributed by atoms with van der Waals surface area (Å²) >= 11 is 0. The maximum atomic E-state index is 5.03. The minimum atomic E-state index is 0.906. The van der Waals surface area contributed by atoms with Crippen molar-refractivity contribution >= 4 is 38.5 Å². The Balaban J connectivity index is 1.40. The predicted octanol–water partition coefficient (Wildman–Crippen LogP) is 6.73. The number of hydrogen-bond donors (Lipinski definition) is 0. The molecule has 0 N–H and O–H groups in total. The Labute approximate surface area is 200 Å². The molecule has 4 nitrogen and oxygen atoms in total. The van der Waals surface area contributed by atoms with Crippen LogP contribution in [0.4, 0.5) is 0 Å². The first-order valence-corrected chi connectivity index (χ1v) is 12.0. The van der Waals surface area contributed by atoms with Crippen LogP contribution in [0.5, 0.6) is 0 Å². The zero-order chi connectivity index (χ0) is 22.7. The molecule has 0 spiro atoms. The van der Waals surface area contributed by atoms with E-state index < -0.39 is 0 Å². The number of hydrogen-bond acceptors (Lipinski definition) is 3. The Morgan fingerprint density at radius 1 is 0.686 bits per heavy atom. The lowest BCUT2D eigenvalue weighted by Crippen LogP contribution is -1.94. The van der Waals surface area contributed by atoms with Crippen LogP contribution in [-0.4, -0.2) is 19.4 Å². The molecule has 4 heterocycles. The monoisotopic (exact) mass is 446 g/mol. The van der Waals surface area contributed by atoms with Gasteiger partial charge in [0.05, 0.1) is 22.7 Å². The van der Waals surface area contributed by atoms with E-state index in [4.69, 9.17) is 9.97 Å². The summed E-state index contributed by atoms with van der Waals surface area (Å²) in [6.07, 6.45) is 7.55. The van der Waals surface area contributed by atoms with Crippen LogP contribution in [0.15, 0.2) is 85.3 Å². The van der Waals surface area contributed by atoms with Crippen molar-refractivity contribution in [1.82, 2.24) is 19.4 Å². The number of pyridine rings is 3. The molecule has 4 heteroatoms. The van der Waals surface area contributed by atoms with Crippen molar-refractivity contribution in [3.05, 3.63) is 108 Å². The van der Waals surface area contributed by atoms with Gasteiger partial charge in [-0.15, -0.1) is 0 Å². The molecule has 2 aliphatic rings. The van der Waals surface area contributed by atoms with Gasteiger partial charge in [-0.05, 0) is 87.7 Å². The van der Waals surface area contributed by atoms with Gasteiger partial charge < -0.3 is 0 Å². The van der Waals surface area contributed by atoms with E-state index in [0.717, 1.165) is 51.3 Å². The maximum Gasteiger partial charge on any atom is 0.146 e. The average molecular weight is 447 g/mol. The van der Waals surface area contributed by atoms with Gasteiger partial charge in [-0.1, -0.05) is 36.4 Å². The fourth-order valence-corrected chi connectivity index (χ4v) is 6.49. The summed E-state index contributed by atoms with van der Waals surface area (Å²) < 4.78 is 2.24. The second-order valence-electron chi connectivity index (χ2n) is 9.70. The van der Waals surface area contributed by atoms with Crippen molar-refractivity contribution in [2.24, 2.45) is 0 Å². The Morgan fingerprint density at radius 3 is 2.66 bits per heavy atom. The molecule has 0 bridgehead atoms. The molecule has 35 heavy (non-hydrogen) atoms. The predicted molar refractivity (Wildman–Crippen MR) is 140 cm³/mol. The zero-order valence-corrected chi connectivity index (χ0v) is 18.8. The number of fused-ring (bicyclic) bond motifs is 15. The number of aromatic nitrogens is 4. The first-order chi connectivity index (χ1) is 17.3. The van der Waals surface area contributed by atoms with E-state index in [-0.39, 0.29) is 0 Å². The van der Waals surface area contributed by atoms with E-state index in [1.165, 1.54) is 44.5 Å². The van der Waals surface area contributed by atoms with Crippen LogP contribution in [0.3, 0.4) is 0 Å². The summed E-state index contributed by atoms with van der Waals surface area (Å²) in [5.41, 5.74) is 16.3. The summed E-state index contributed by atoms with van der Waals surface area (Å²) in [6.45, 7) is 0. The van der Waals surface area contributed by atoms with Crippen LogP contribution in [0.2, 0.25) is 0 Å². The lowest BCUT2D eigenvalue weighted by Gasteiger charge is -2.11. The Morgan fingerprint density at radius 2 is 1.66 bits per heavy atom. The van der Waals surface area contributed by atoms with E-state index in [0.29, 0.717) is 0 Å². The molecule has 4 aromatic heterocycles. The molecule has 2 aliphatic carbocycles. The standard InChI is InChI=1S/C31H18N4/c1-2-5-20-17(4-1)12-18-7-8-21-22-15-24-25(14-19(22)13-23(21)29(18)20)31-34-26-16-32-11-9-27(26)35(31)28-6-3-10-33-30(24)28/h1-11,14-16H,12-13H2. The molecule has 0 radical (unpaired) electrons. The fraction of sp³-hybridized carbons (Fsp3) is 0.0645. The third-order valence-electron chi connectivity index (χ3n) is 7.95. The van der Waals surface area contributed by atoms with Crippen LogP contribution >= 0.6 is 0 Å². The summed E-state index contributed by atoms with van der Waals surface area (Å²) in [5.74, 6) is 0. The summed E-state index contributed by atoms with van der Waals surface area (Å²) in [5, 5.41) is 2.31. The van der Waals surface area contributed by atoms with E-state index in [1.807, 2.05) is 30.7 Å². The van der Waals surface area contributed by atoms with Gasteiger partial charge in [-0.25, -0.2) is 4.98 Å². The molecular weight excluding hydrogens is 428 g/mol. The molecule has 3 aromatic carbocycles. The normalized spacial score (nSPS) is 13.5. The summed E-state index contributed by atoms with van der Waals surface area (Å²) in [4.78, 5) is 14.2. The first-order valence-electron chi connectivity index (χ1n) is 12.0. The molecule has 0 atom stereocenters. The van der Waals surface area contributed by atoms with Gasteiger partial charge in [-0.2, -0.15) is 0 Å². The van der Waals surface area contributed by atoms with Crippen molar-refractivity contribution in [1.29, 1.82) is 0 Å². The molecule has 162 valence electrons. The van der Waals surface area contributed by atoms with Crippen molar-refractivity contribution < 1.29 is 0 Å². The third-order valence-corrected chi connectivity index (χ3v) is 7.95. The van der Waals surface area contributed by atoms with Crippen LogP contribution in [-0.2, 0) is 12.8 Å². The average Bonchev–Trinajstić information content (AvgIpc) is 3.58. The number of nitrogens with zero attached hydrogens (tertiary/aromatic N) is 4. The van der Waals surface area contributed by atoms with E-state index in [1.54, 1.807) is 0 Å². The van der Waals surface area contributed by atoms with E-state index >= 15 is 0 Å². The highest BCUT2D eigenvalue weighted by Crippen LogP contribution is 2.49. The Bertz CT molecular complexity index is 2070. The Hall–Kier alpha value is -4.57. The van der Waals surface area contributed by atoms with Crippen molar-refractivity contribution in [2.75, 3.05) is 0 Å². The minimum Gasteiger partial charge on any atom is -0.290 e. The maximum absolute atomic E-state index is 5.03. The second-order valence-corrected chi connectivity index (χ2v) is 9.70. The number of imidazole rings is 1. The molecule has 0 saturated carbocycles. The zero-order valence-electron chi connectivity index (χ0n) is 18.8. The quantitative estimate of drug-likeness (QED) is 0.243. The van der Waals surface area contributed by atoms with Gasteiger partial charge in [0.2, 0.25) is 0 Å². The van der Waals surface area contributed by atoms with Gasteiger partial charge in [0, 0.05) is 23.2 Å². The van der Waals surface area contributed by atoms with Crippen LogP contribution in [0.25, 0.3) is 60.7 Å². The van der Waals surface area contributed by atoms with Gasteiger partial charge >= 0.3 is 0 Å². The van der Waals surface area contributed by atoms with Crippen LogP contribution < -0.4 is 0 Å². The molecule has 0 saturated heterocycles. The minimum absolute atomic E-state index is 0.906. The lowest BCUT2D eigenvalue weighted by atomic mass is 9.95. The SMILES string of the molecule is c1ccc2c(c1)Cc1ccc3c(c1-2)Cc1cc2c(cc1-3)c1ncccc1n1c3ccncc3nc21. The second kappa shape index (κ2) is 6.10. The van der Waals surface area contributed by atoms with Crippen LogP contribution in [0, 0.1) is 0 Å². The van der Waals surface area contributed by atoms with Crippen LogP contribution in [0.1, 0.15) is 22.3 Å². The molecule has 0 unspecified atom stereocenters. The van der Waals surface area contributed by atoms with E-state index in [9.17, 15) is 0 Å². The molecular formula is C31H18N4. The number of rotatable bonds is 0. The molecule has 9 rings (SSSR count). The van der Waals surface area contributed by atoms with Gasteiger partial charge in [0.1, 0.15) is 11.2 Å². The topological polar surface area (TPSA) is 43.1 Å². The first kappa shape index (κ1) is 17.8. The fourth-order valence-electron chi connectivity index (χ4n) is 6.49. The van der Waals surface area contributed by atoms with Crippen molar-refractivity contribution in [3.63, 3.8) is 0 Å². The van der Waals surface area contributed by atoms with Gasteiger partial charge in [0.25, 0.3) is 0 Å². The third kappa shape index (κ3) is 2.15. The molecule has 0 amide bonds. The summed E-state index contributed by atoms with van der Waals surface area (Å²) in [6, 6.07) is 24.4. The molecule has 0 fully saturated rings. The highest BCUT2D eigenvalue weighted by Gasteiger charge is 2.29. The van der Waals surface area contributed by atoms with Gasteiger partial charge in [0.15, 0.2) is 0 Å². The highest BCUT2D eigenvalue weighted by atomic mass is 15.0. The van der Waals surface area contributed by atoms with E-state index in [2.05, 4.69) is 64.0 Å². The summed E-state index contributed by atoms with van der Waals surface area (Å²) in [7, 11) is 0. The van der Waals surface area contributed by atoms with Crippen molar-refractivity contribution in [2.45, 2.75) is 12.8 Å². The number of benzene rings is 3. The molecule has 0 aliphatic heterocycles.